The number of hydrogen-bond acceptors (Lipinski definition) is 7. The second-order valence-electron chi connectivity index (χ2n) is 12.8. The van der Waals surface area contributed by atoms with Crippen LogP contribution in [0.4, 0.5) is 0 Å². The molecule has 4 aliphatic rings. The Morgan fingerprint density at radius 2 is 1.71 bits per heavy atom. The number of carbonyl (C=O) groups excluding carboxylic acids is 4. The second kappa shape index (κ2) is 11.1. The molecule has 0 aliphatic heterocycles. The normalized spacial score (nSPS) is 38.7. The number of fused-ring (bicyclic) bond motifs is 5. The third-order valence-corrected chi connectivity index (χ3v) is 10.7. The smallest absolute Gasteiger partial charge is 0.305 e. The fraction of sp³-hybridized carbons (Fsp3) is 0.806. The van der Waals surface area contributed by atoms with Crippen molar-refractivity contribution < 1.29 is 33.4 Å². The number of rotatable bonds is 8. The maximum Gasteiger partial charge on any atom is 0.305 e. The van der Waals surface area contributed by atoms with Crippen molar-refractivity contribution in [3.63, 3.8) is 0 Å². The van der Waals surface area contributed by atoms with E-state index in [1.807, 2.05) is 6.92 Å². The number of hydrogen-bond donors (Lipinski definition) is 0. The van der Waals surface area contributed by atoms with Gasteiger partial charge < -0.3 is 14.2 Å². The summed E-state index contributed by atoms with van der Waals surface area (Å²) >= 11 is 0. The number of ether oxygens (including phenoxy) is 3. The zero-order chi connectivity index (χ0) is 27.8. The van der Waals surface area contributed by atoms with Crippen molar-refractivity contribution in [1.29, 1.82) is 0 Å². The van der Waals surface area contributed by atoms with Gasteiger partial charge in [0.1, 0.15) is 6.10 Å². The summed E-state index contributed by atoms with van der Waals surface area (Å²) in [5.74, 6) is 0.726. The average molecular weight is 531 g/mol. The van der Waals surface area contributed by atoms with Crippen molar-refractivity contribution >= 4 is 23.7 Å². The molecule has 0 radical (unpaired) electrons. The Morgan fingerprint density at radius 1 is 1.00 bits per heavy atom. The van der Waals surface area contributed by atoms with E-state index >= 15 is 0 Å². The van der Waals surface area contributed by atoms with Crippen LogP contribution in [0.1, 0.15) is 99.3 Å². The number of ketones is 1. The summed E-state index contributed by atoms with van der Waals surface area (Å²) in [5.41, 5.74) is 0.675. The first-order valence-electron chi connectivity index (χ1n) is 14.7. The highest BCUT2D eigenvalue weighted by Crippen LogP contribution is 2.67. The maximum atomic E-state index is 13.9. The minimum atomic E-state index is -0.705. The lowest BCUT2D eigenvalue weighted by molar-refractivity contribution is -0.170. The van der Waals surface area contributed by atoms with Gasteiger partial charge in [-0.3, -0.25) is 19.2 Å². The van der Waals surface area contributed by atoms with E-state index in [1.54, 1.807) is 6.08 Å². The molecule has 0 saturated heterocycles. The van der Waals surface area contributed by atoms with E-state index in [9.17, 15) is 19.2 Å². The van der Waals surface area contributed by atoms with E-state index in [2.05, 4.69) is 20.8 Å². The SMILES string of the molecule is CCOC(=O)CCC[C@@H](C)[C@H]1CC[C@H]2[C@@H]3C(=O)C=C4[C@@H](OC(C)=O)[C@@H](OC(C)=O)CC[C@]4(C)[C@H]3CC[C@]12C. The van der Waals surface area contributed by atoms with Crippen molar-refractivity contribution in [2.45, 2.75) is 112 Å². The molecule has 0 aromatic rings. The van der Waals surface area contributed by atoms with Gasteiger partial charge in [-0.05, 0) is 104 Å². The molecule has 3 saturated carbocycles. The van der Waals surface area contributed by atoms with Crippen molar-refractivity contribution in [2.75, 3.05) is 6.61 Å². The lowest BCUT2D eigenvalue weighted by atomic mass is 9.46. The first-order chi connectivity index (χ1) is 17.9. The van der Waals surface area contributed by atoms with Crippen molar-refractivity contribution in [3.8, 4) is 0 Å². The van der Waals surface area contributed by atoms with Crippen molar-refractivity contribution in [2.24, 2.45) is 40.4 Å². The monoisotopic (exact) mass is 530 g/mol. The van der Waals surface area contributed by atoms with Crippen molar-refractivity contribution in [3.05, 3.63) is 11.6 Å². The molecule has 9 atom stereocenters. The Morgan fingerprint density at radius 3 is 2.37 bits per heavy atom. The quantitative estimate of drug-likeness (QED) is 0.298. The Labute approximate surface area is 227 Å². The number of esters is 3. The molecule has 0 bridgehead atoms. The minimum absolute atomic E-state index is 0.0255. The van der Waals surface area contributed by atoms with Crippen LogP contribution >= 0.6 is 0 Å². The molecule has 212 valence electrons. The molecule has 0 unspecified atom stereocenters. The van der Waals surface area contributed by atoms with Gasteiger partial charge in [-0.1, -0.05) is 20.8 Å². The van der Waals surface area contributed by atoms with Gasteiger partial charge in [-0.2, -0.15) is 0 Å². The van der Waals surface area contributed by atoms with Crippen LogP contribution < -0.4 is 0 Å². The fourth-order valence-electron chi connectivity index (χ4n) is 9.04. The van der Waals surface area contributed by atoms with E-state index in [1.165, 1.54) is 13.8 Å². The Hall–Kier alpha value is -2.18. The average Bonchev–Trinajstić information content (AvgIpc) is 3.18. The Bertz CT molecular complexity index is 985. The molecular formula is C31H46O7. The molecule has 38 heavy (non-hydrogen) atoms. The van der Waals surface area contributed by atoms with Crippen LogP contribution in [0.3, 0.4) is 0 Å². The van der Waals surface area contributed by atoms with E-state index < -0.39 is 24.1 Å². The summed E-state index contributed by atoms with van der Waals surface area (Å²) in [6.07, 6.45) is 8.45. The van der Waals surface area contributed by atoms with Crippen LogP contribution in [0, 0.1) is 40.4 Å². The van der Waals surface area contributed by atoms with E-state index in [0.29, 0.717) is 37.2 Å². The van der Waals surface area contributed by atoms with E-state index in [-0.39, 0.29) is 34.4 Å². The molecule has 7 heteroatoms. The van der Waals surface area contributed by atoms with Gasteiger partial charge in [0.15, 0.2) is 11.9 Å². The molecule has 7 nitrogen and oxygen atoms in total. The van der Waals surface area contributed by atoms with Gasteiger partial charge in [-0.25, -0.2) is 0 Å². The van der Waals surface area contributed by atoms with Gasteiger partial charge in [0.2, 0.25) is 0 Å². The van der Waals surface area contributed by atoms with Gasteiger partial charge >= 0.3 is 17.9 Å². The molecule has 4 aliphatic carbocycles. The Kier molecular flexibility index (Phi) is 8.44. The fourth-order valence-corrected chi connectivity index (χ4v) is 9.04. The minimum Gasteiger partial charge on any atom is -0.466 e. The lowest BCUT2D eigenvalue weighted by Gasteiger charge is -2.58. The summed E-state index contributed by atoms with van der Waals surface area (Å²) in [4.78, 5) is 49.5. The topological polar surface area (TPSA) is 96.0 Å². The molecule has 4 rings (SSSR count). The highest BCUT2D eigenvalue weighted by molar-refractivity contribution is 5.95. The zero-order valence-electron chi connectivity index (χ0n) is 24.0. The summed E-state index contributed by atoms with van der Waals surface area (Å²) < 4.78 is 16.4. The van der Waals surface area contributed by atoms with Gasteiger partial charge in [-0.15, -0.1) is 0 Å². The van der Waals surface area contributed by atoms with Crippen LogP contribution in [0.5, 0.6) is 0 Å². The first-order valence-corrected chi connectivity index (χ1v) is 14.7. The number of carbonyl (C=O) groups is 4. The van der Waals surface area contributed by atoms with Gasteiger partial charge in [0.05, 0.1) is 6.61 Å². The number of allylic oxidation sites excluding steroid dienone is 1. The molecule has 3 fully saturated rings. The Balaban J connectivity index is 1.55. The highest BCUT2D eigenvalue weighted by Gasteiger charge is 2.63. The molecule has 0 amide bonds. The molecule has 0 heterocycles. The van der Waals surface area contributed by atoms with Crippen molar-refractivity contribution in [1.82, 2.24) is 0 Å². The molecule has 0 aromatic heterocycles. The molecule has 0 aromatic carbocycles. The van der Waals surface area contributed by atoms with Crippen LogP contribution in [0.2, 0.25) is 0 Å². The zero-order valence-corrected chi connectivity index (χ0v) is 24.0. The molecule has 0 spiro atoms. The predicted octanol–water partition coefficient (Wildman–Crippen LogP) is 5.59. The van der Waals surface area contributed by atoms with Crippen LogP contribution in [0.15, 0.2) is 11.6 Å². The van der Waals surface area contributed by atoms with Crippen LogP contribution in [-0.2, 0) is 33.4 Å². The summed E-state index contributed by atoms with van der Waals surface area (Å²) in [7, 11) is 0. The molecular weight excluding hydrogens is 484 g/mol. The van der Waals surface area contributed by atoms with E-state index in [4.69, 9.17) is 14.2 Å². The third-order valence-electron chi connectivity index (χ3n) is 10.7. The summed E-state index contributed by atoms with van der Waals surface area (Å²) in [6, 6.07) is 0. The second-order valence-corrected chi connectivity index (χ2v) is 12.8. The van der Waals surface area contributed by atoms with Gasteiger partial charge in [0, 0.05) is 26.2 Å². The van der Waals surface area contributed by atoms with Crippen LogP contribution in [0.25, 0.3) is 0 Å². The van der Waals surface area contributed by atoms with Crippen LogP contribution in [-0.4, -0.2) is 42.5 Å². The molecule has 0 N–H and O–H groups in total. The maximum absolute atomic E-state index is 13.9. The highest BCUT2D eigenvalue weighted by atomic mass is 16.6. The van der Waals surface area contributed by atoms with E-state index in [0.717, 1.165) is 50.5 Å². The first kappa shape index (κ1) is 28.8. The van der Waals surface area contributed by atoms with Gasteiger partial charge in [0.25, 0.3) is 0 Å². The predicted molar refractivity (Wildman–Crippen MR) is 142 cm³/mol. The largest absolute Gasteiger partial charge is 0.466 e. The third kappa shape index (κ3) is 5.19. The summed E-state index contributed by atoms with van der Waals surface area (Å²) in [6.45, 7) is 11.9. The lowest BCUT2D eigenvalue weighted by Crippen LogP contribution is -2.57. The summed E-state index contributed by atoms with van der Waals surface area (Å²) in [5, 5.41) is 0. The standard InChI is InChI=1S/C31H46O7/c1-7-36-27(35)10-8-9-18(2)21-11-12-22-28-23(13-15-30(21,22)5)31(6)16-14-26(37-19(3)32)29(38-20(4)33)24(31)17-25(28)34/h17-18,21-23,26,28-29H,7-16H2,1-6H3/t18-,21-,22+,23+,26+,28+,29-,30-,31-/m1/s1.